The van der Waals surface area contributed by atoms with Gasteiger partial charge < -0.3 is 4.74 Å². The molecule has 3 nitrogen and oxygen atoms in total. The van der Waals surface area contributed by atoms with Crippen LogP contribution in [0.4, 0.5) is 0 Å². The van der Waals surface area contributed by atoms with Gasteiger partial charge in [0, 0.05) is 5.56 Å². The minimum absolute atomic E-state index is 0.139. The largest absolute Gasteiger partial charge is 0.468 e. The van der Waals surface area contributed by atoms with Crippen LogP contribution in [0.5, 0.6) is 0 Å². The fourth-order valence-corrected chi connectivity index (χ4v) is 2.34. The van der Waals surface area contributed by atoms with Crippen molar-refractivity contribution >= 4 is 11.8 Å². The number of rotatable bonds is 4. The van der Waals surface area contributed by atoms with Gasteiger partial charge in [-0.1, -0.05) is 24.6 Å². The Morgan fingerprint density at radius 1 is 1.17 bits per heavy atom. The molecule has 0 amide bonds. The first kappa shape index (κ1) is 14.4. The Kier molecular flexibility index (Phi) is 4.65. The van der Waals surface area contributed by atoms with Gasteiger partial charge in [-0.05, 0) is 38.3 Å². The lowest BCUT2D eigenvalue weighted by molar-refractivity contribution is -0.143. The number of methoxy groups -OCH3 is 1. The fourth-order valence-electron chi connectivity index (χ4n) is 2.34. The zero-order chi connectivity index (χ0) is 13.9. The van der Waals surface area contributed by atoms with Gasteiger partial charge in [-0.25, -0.2) is 0 Å². The first-order chi connectivity index (χ1) is 8.42. The van der Waals surface area contributed by atoms with Crippen LogP contribution in [0.3, 0.4) is 0 Å². The van der Waals surface area contributed by atoms with Gasteiger partial charge >= 0.3 is 5.97 Å². The standard InChI is InChI=1S/C15H20O3/c1-6-12(15(17)18-5)14(16)13-10(3)7-9(2)8-11(13)4/h7-8,12H,6H2,1-5H3. The molecule has 1 aromatic rings. The molecular formula is C15H20O3. The minimum atomic E-state index is -0.699. The summed E-state index contributed by atoms with van der Waals surface area (Å²) >= 11 is 0. The van der Waals surface area contributed by atoms with E-state index in [-0.39, 0.29) is 5.78 Å². The summed E-state index contributed by atoms with van der Waals surface area (Å²) in [5.74, 6) is -1.30. The Morgan fingerprint density at radius 2 is 1.67 bits per heavy atom. The molecule has 3 heteroatoms. The molecule has 18 heavy (non-hydrogen) atoms. The summed E-state index contributed by atoms with van der Waals surface area (Å²) in [6.07, 6.45) is 0.457. The highest BCUT2D eigenvalue weighted by molar-refractivity contribution is 6.10. The molecule has 0 aliphatic rings. The molecule has 98 valence electrons. The number of esters is 1. The Morgan fingerprint density at radius 3 is 2.06 bits per heavy atom. The Bertz CT molecular complexity index is 452. The number of Topliss-reactive ketones (excluding diaryl/α,β-unsaturated/α-hetero) is 1. The average molecular weight is 248 g/mol. The molecular weight excluding hydrogens is 228 g/mol. The molecule has 0 saturated carbocycles. The number of hydrogen-bond acceptors (Lipinski definition) is 3. The molecule has 0 radical (unpaired) electrons. The SMILES string of the molecule is CCC(C(=O)OC)C(=O)c1c(C)cc(C)cc1C. The third kappa shape index (κ3) is 2.78. The monoisotopic (exact) mass is 248 g/mol. The van der Waals surface area contributed by atoms with Crippen LogP contribution in [-0.2, 0) is 9.53 Å². The maximum atomic E-state index is 12.4. The van der Waals surface area contributed by atoms with Crippen LogP contribution >= 0.6 is 0 Å². The summed E-state index contributed by atoms with van der Waals surface area (Å²) in [5.41, 5.74) is 3.60. The summed E-state index contributed by atoms with van der Waals surface area (Å²) in [6, 6.07) is 3.93. The summed E-state index contributed by atoms with van der Waals surface area (Å²) in [5, 5.41) is 0. The van der Waals surface area contributed by atoms with Crippen LogP contribution in [-0.4, -0.2) is 18.9 Å². The molecule has 0 aliphatic heterocycles. The van der Waals surface area contributed by atoms with Crippen LogP contribution in [0.1, 0.15) is 40.4 Å². The van der Waals surface area contributed by atoms with Gasteiger partial charge in [0.05, 0.1) is 7.11 Å². The van der Waals surface area contributed by atoms with Crippen molar-refractivity contribution in [3.05, 3.63) is 34.4 Å². The van der Waals surface area contributed by atoms with Crippen LogP contribution in [0.25, 0.3) is 0 Å². The van der Waals surface area contributed by atoms with Crippen LogP contribution in [0.2, 0.25) is 0 Å². The first-order valence-electron chi connectivity index (χ1n) is 6.12. The predicted octanol–water partition coefficient (Wildman–Crippen LogP) is 2.99. The highest BCUT2D eigenvalue weighted by atomic mass is 16.5. The molecule has 0 aliphatic carbocycles. The van der Waals surface area contributed by atoms with E-state index in [2.05, 4.69) is 4.74 Å². The summed E-state index contributed by atoms with van der Waals surface area (Å²) in [7, 11) is 1.31. The lowest BCUT2D eigenvalue weighted by Crippen LogP contribution is -2.26. The molecule has 1 unspecified atom stereocenters. The van der Waals surface area contributed by atoms with Crippen molar-refractivity contribution in [2.24, 2.45) is 5.92 Å². The summed E-state index contributed by atoms with van der Waals surface area (Å²) in [6.45, 7) is 7.61. The van der Waals surface area contributed by atoms with Gasteiger partial charge in [0.15, 0.2) is 5.78 Å². The molecule has 0 aromatic heterocycles. The van der Waals surface area contributed by atoms with E-state index in [9.17, 15) is 9.59 Å². The molecule has 0 bridgehead atoms. The molecule has 1 atom stereocenters. The van der Waals surface area contributed by atoms with Gasteiger partial charge in [0.1, 0.15) is 5.92 Å². The van der Waals surface area contributed by atoms with E-state index in [1.54, 1.807) is 0 Å². The van der Waals surface area contributed by atoms with Crippen molar-refractivity contribution in [1.82, 2.24) is 0 Å². The molecule has 1 rings (SSSR count). The van der Waals surface area contributed by atoms with Gasteiger partial charge in [0.2, 0.25) is 0 Å². The minimum Gasteiger partial charge on any atom is -0.468 e. The highest BCUT2D eigenvalue weighted by Gasteiger charge is 2.28. The van der Waals surface area contributed by atoms with E-state index in [1.807, 2.05) is 39.8 Å². The average Bonchev–Trinajstić information content (AvgIpc) is 2.28. The highest BCUT2D eigenvalue weighted by Crippen LogP contribution is 2.22. The lowest BCUT2D eigenvalue weighted by Gasteiger charge is -2.15. The summed E-state index contributed by atoms with van der Waals surface area (Å²) in [4.78, 5) is 24.0. The molecule has 0 fully saturated rings. The molecule has 0 heterocycles. The first-order valence-corrected chi connectivity index (χ1v) is 6.12. The maximum absolute atomic E-state index is 12.4. The quantitative estimate of drug-likeness (QED) is 0.467. The summed E-state index contributed by atoms with van der Waals surface area (Å²) < 4.78 is 4.69. The molecule has 0 saturated heterocycles. The van der Waals surface area contributed by atoms with E-state index in [1.165, 1.54) is 7.11 Å². The van der Waals surface area contributed by atoms with Crippen molar-refractivity contribution in [2.75, 3.05) is 7.11 Å². The molecule has 0 N–H and O–H groups in total. The van der Waals surface area contributed by atoms with E-state index >= 15 is 0 Å². The predicted molar refractivity (Wildman–Crippen MR) is 70.8 cm³/mol. The second kappa shape index (κ2) is 5.80. The van der Waals surface area contributed by atoms with Gasteiger partial charge in [-0.3, -0.25) is 9.59 Å². The zero-order valence-electron chi connectivity index (χ0n) is 11.7. The van der Waals surface area contributed by atoms with E-state index in [0.717, 1.165) is 16.7 Å². The van der Waals surface area contributed by atoms with Crippen molar-refractivity contribution in [1.29, 1.82) is 0 Å². The lowest BCUT2D eigenvalue weighted by atomic mass is 9.89. The normalized spacial score (nSPS) is 12.1. The number of ether oxygens (including phenoxy) is 1. The number of carbonyl (C=O) groups is 2. The van der Waals surface area contributed by atoms with Gasteiger partial charge in [-0.15, -0.1) is 0 Å². The fraction of sp³-hybridized carbons (Fsp3) is 0.467. The Balaban J connectivity index is 3.21. The topological polar surface area (TPSA) is 43.4 Å². The third-order valence-electron chi connectivity index (χ3n) is 3.13. The van der Waals surface area contributed by atoms with Crippen molar-refractivity contribution in [2.45, 2.75) is 34.1 Å². The van der Waals surface area contributed by atoms with Crippen molar-refractivity contribution < 1.29 is 14.3 Å². The van der Waals surface area contributed by atoms with Crippen LogP contribution in [0, 0.1) is 26.7 Å². The second-order valence-corrected chi connectivity index (χ2v) is 4.62. The number of carbonyl (C=O) groups excluding carboxylic acids is 2. The van der Waals surface area contributed by atoms with E-state index in [0.29, 0.717) is 12.0 Å². The Hall–Kier alpha value is -1.64. The number of hydrogen-bond donors (Lipinski definition) is 0. The second-order valence-electron chi connectivity index (χ2n) is 4.62. The van der Waals surface area contributed by atoms with E-state index in [4.69, 9.17) is 0 Å². The number of aryl methyl sites for hydroxylation is 3. The van der Waals surface area contributed by atoms with Crippen molar-refractivity contribution in [3.63, 3.8) is 0 Å². The molecule has 1 aromatic carbocycles. The van der Waals surface area contributed by atoms with Crippen LogP contribution < -0.4 is 0 Å². The Labute approximate surface area is 108 Å². The molecule has 0 spiro atoms. The van der Waals surface area contributed by atoms with Gasteiger partial charge in [0.25, 0.3) is 0 Å². The number of ketones is 1. The van der Waals surface area contributed by atoms with Gasteiger partial charge in [-0.2, -0.15) is 0 Å². The zero-order valence-corrected chi connectivity index (χ0v) is 11.7. The smallest absolute Gasteiger partial charge is 0.316 e. The number of benzene rings is 1. The van der Waals surface area contributed by atoms with E-state index < -0.39 is 11.9 Å². The van der Waals surface area contributed by atoms with Crippen molar-refractivity contribution in [3.8, 4) is 0 Å². The maximum Gasteiger partial charge on any atom is 0.316 e. The van der Waals surface area contributed by atoms with Crippen LogP contribution in [0.15, 0.2) is 12.1 Å². The third-order valence-corrected chi connectivity index (χ3v) is 3.13.